The fourth-order valence-corrected chi connectivity index (χ4v) is 1.12. The van der Waals surface area contributed by atoms with Gasteiger partial charge in [0.1, 0.15) is 5.75 Å². The number of hydrogen-bond acceptors (Lipinski definition) is 2. The summed E-state index contributed by atoms with van der Waals surface area (Å²) in [6, 6.07) is 4.90. The van der Waals surface area contributed by atoms with Gasteiger partial charge in [-0.3, -0.25) is 4.79 Å². The van der Waals surface area contributed by atoms with Gasteiger partial charge < -0.3 is 4.74 Å². The third-order valence-corrected chi connectivity index (χ3v) is 1.75. The van der Waals surface area contributed by atoms with E-state index in [2.05, 4.69) is 0 Å². The maximum Gasteiger partial charge on any atom is 0.454 e. The molecule has 88 valence electrons. The van der Waals surface area contributed by atoms with Crippen LogP contribution in [-0.2, 0) is 0 Å². The fourth-order valence-electron chi connectivity index (χ4n) is 1.12. The van der Waals surface area contributed by atoms with E-state index in [0.29, 0.717) is 5.75 Å². The first kappa shape index (κ1) is 12.5. The van der Waals surface area contributed by atoms with Crippen LogP contribution in [-0.4, -0.2) is 18.1 Å². The maximum atomic E-state index is 12.1. The second kappa shape index (κ2) is 4.55. The molecule has 0 atom stereocenters. The van der Waals surface area contributed by atoms with Crippen molar-refractivity contribution < 1.29 is 22.7 Å². The Morgan fingerprint density at radius 1 is 1.19 bits per heavy atom. The lowest BCUT2D eigenvalue weighted by Crippen LogP contribution is -2.22. The highest BCUT2D eigenvalue weighted by atomic mass is 19.4. The highest BCUT2D eigenvalue weighted by Gasteiger charge is 2.39. The van der Waals surface area contributed by atoms with E-state index in [4.69, 9.17) is 4.74 Å². The molecule has 0 saturated carbocycles. The van der Waals surface area contributed by atoms with E-state index in [0.717, 1.165) is 12.1 Å². The second-order valence-electron chi connectivity index (χ2n) is 3.52. The zero-order valence-electron chi connectivity index (χ0n) is 8.84. The summed E-state index contributed by atoms with van der Waals surface area (Å²) in [4.78, 5) is 10.8. The Labute approximate surface area is 91.0 Å². The Morgan fingerprint density at radius 3 is 2.06 bits per heavy atom. The molecule has 16 heavy (non-hydrogen) atoms. The van der Waals surface area contributed by atoms with Crippen molar-refractivity contribution in [3.8, 4) is 5.75 Å². The average Bonchev–Trinajstić information content (AvgIpc) is 2.15. The van der Waals surface area contributed by atoms with E-state index in [1.54, 1.807) is 13.8 Å². The van der Waals surface area contributed by atoms with Gasteiger partial charge in [0.15, 0.2) is 0 Å². The Bertz CT molecular complexity index is 366. The van der Waals surface area contributed by atoms with Gasteiger partial charge in [0, 0.05) is 5.56 Å². The normalized spacial score (nSPS) is 11.6. The summed E-state index contributed by atoms with van der Waals surface area (Å²) in [6.45, 7) is 3.60. The van der Waals surface area contributed by atoms with E-state index >= 15 is 0 Å². The molecule has 0 unspecified atom stereocenters. The summed E-state index contributed by atoms with van der Waals surface area (Å²) in [5.41, 5.74) is -0.386. The monoisotopic (exact) mass is 232 g/mol. The topological polar surface area (TPSA) is 26.3 Å². The van der Waals surface area contributed by atoms with Crippen LogP contribution in [0.5, 0.6) is 5.75 Å². The summed E-state index contributed by atoms with van der Waals surface area (Å²) in [6.07, 6.45) is -4.90. The summed E-state index contributed by atoms with van der Waals surface area (Å²) in [5.74, 6) is -1.41. The van der Waals surface area contributed by atoms with Gasteiger partial charge in [0.05, 0.1) is 6.10 Å². The number of rotatable bonds is 3. The molecule has 1 aromatic rings. The summed E-state index contributed by atoms with van der Waals surface area (Å²) in [5, 5.41) is 0. The van der Waals surface area contributed by atoms with Gasteiger partial charge in [-0.1, -0.05) is 0 Å². The molecule has 0 heterocycles. The predicted octanol–water partition coefficient (Wildman–Crippen LogP) is 3.22. The molecule has 0 fully saturated rings. The zero-order valence-corrected chi connectivity index (χ0v) is 8.84. The lowest BCUT2D eigenvalue weighted by molar-refractivity contribution is -0.0885. The van der Waals surface area contributed by atoms with Crippen LogP contribution in [0.3, 0.4) is 0 Å². The predicted molar refractivity (Wildman–Crippen MR) is 52.6 cm³/mol. The number of hydrogen-bond donors (Lipinski definition) is 0. The quantitative estimate of drug-likeness (QED) is 0.748. The van der Waals surface area contributed by atoms with Crippen LogP contribution < -0.4 is 4.74 Å². The second-order valence-corrected chi connectivity index (χ2v) is 3.52. The van der Waals surface area contributed by atoms with E-state index in [1.165, 1.54) is 12.1 Å². The zero-order chi connectivity index (χ0) is 12.3. The minimum Gasteiger partial charge on any atom is -0.491 e. The third-order valence-electron chi connectivity index (χ3n) is 1.75. The van der Waals surface area contributed by atoms with Gasteiger partial charge in [-0.25, -0.2) is 0 Å². The van der Waals surface area contributed by atoms with Crippen LogP contribution in [0.1, 0.15) is 24.2 Å². The molecule has 0 saturated heterocycles. The minimum absolute atomic E-state index is 0.0656. The van der Waals surface area contributed by atoms with Crippen molar-refractivity contribution in [1.82, 2.24) is 0 Å². The van der Waals surface area contributed by atoms with Crippen LogP contribution in [0.25, 0.3) is 0 Å². The Kier molecular flexibility index (Phi) is 3.57. The van der Waals surface area contributed by atoms with Crippen LogP contribution >= 0.6 is 0 Å². The van der Waals surface area contributed by atoms with Crippen molar-refractivity contribution in [2.75, 3.05) is 0 Å². The highest BCUT2D eigenvalue weighted by Crippen LogP contribution is 2.23. The maximum absolute atomic E-state index is 12.1. The molecule has 0 spiro atoms. The van der Waals surface area contributed by atoms with Gasteiger partial charge in [0.2, 0.25) is 0 Å². The highest BCUT2D eigenvalue weighted by molar-refractivity contribution is 6.00. The Hall–Kier alpha value is -1.52. The molecule has 0 amide bonds. The number of ketones is 1. The number of Topliss-reactive ketones (excluding diaryl/α,β-unsaturated/α-hetero) is 1. The van der Waals surface area contributed by atoms with Crippen molar-refractivity contribution in [1.29, 1.82) is 0 Å². The lowest BCUT2D eigenvalue weighted by Gasteiger charge is -2.10. The molecule has 2 nitrogen and oxygen atoms in total. The summed E-state index contributed by atoms with van der Waals surface area (Å²) in [7, 11) is 0. The molecule has 0 radical (unpaired) electrons. The summed E-state index contributed by atoms with van der Waals surface area (Å²) >= 11 is 0. The first-order chi connectivity index (χ1) is 7.30. The molecule has 0 aliphatic heterocycles. The van der Waals surface area contributed by atoms with Crippen molar-refractivity contribution in [2.24, 2.45) is 0 Å². The average molecular weight is 232 g/mol. The molecule has 1 rings (SSSR count). The Balaban J connectivity index is 2.83. The number of halogens is 3. The molecule has 0 aromatic heterocycles. The fraction of sp³-hybridized carbons (Fsp3) is 0.364. The first-order valence-corrected chi connectivity index (χ1v) is 4.69. The molecule has 0 N–H and O–H groups in total. The SMILES string of the molecule is CC(C)Oc1ccc(C(=O)C(F)(F)F)cc1. The number of carbonyl (C=O) groups excluding carboxylic acids is 1. The van der Waals surface area contributed by atoms with Gasteiger partial charge in [0.25, 0.3) is 5.78 Å². The molecular formula is C11H11F3O2. The molecule has 0 bridgehead atoms. The summed E-state index contributed by atoms with van der Waals surface area (Å²) < 4.78 is 41.4. The van der Waals surface area contributed by atoms with Crippen molar-refractivity contribution in [3.63, 3.8) is 0 Å². The lowest BCUT2D eigenvalue weighted by atomic mass is 10.1. The van der Waals surface area contributed by atoms with Gasteiger partial charge >= 0.3 is 6.18 Å². The van der Waals surface area contributed by atoms with Crippen molar-refractivity contribution >= 4 is 5.78 Å². The smallest absolute Gasteiger partial charge is 0.454 e. The standard InChI is InChI=1S/C11H11F3O2/c1-7(2)16-9-5-3-8(4-6-9)10(15)11(12,13)14/h3-7H,1-2H3. The third kappa shape index (κ3) is 3.25. The van der Waals surface area contributed by atoms with Crippen molar-refractivity contribution in [3.05, 3.63) is 29.8 Å². The van der Waals surface area contributed by atoms with E-state index in [9.17, 15) is 18.0 Å². The van der Waals surface area contributed by atoms with E-state index in [-0.39, 0.29) is 11.7 Å². The molecule has 1 aromatic carbocycles. The number of alkyl halides is 3. The first-order valence-electron chi connectivity index (χ1n) is 4.69. The van der Waals surface area contributed by atoms with E-state index < -0.39 is 12.0 Å². The van der Waals surface area contributed by atoms with Crippen molar-refractivity contribution in [2.45, 2.75) is 26.1 Å². The van der Waals surface area contributed by atoms with Gasteiger partial charge in [-0.05, 0) is 38.1 Å². The Morgan fingerprint density at radius 2 is 1.69 bits per heavy atom. The van der Waals surface area contributed by atoms with Crippen LogP contribution in [0.15, 0.2) is 24.3 Å². The van der Waals surface area contributed by atoms with Crippen LogP contribution in [0.2, 0.25) is 0 Å². The van der Waals surface area contributed by atoms with Crippen LogP contribution in [0.4, 0.5) is 13.2 Å². The molecule has 0 aliphatic rings. The number of benzene rings is 1. The number of carbonyl (C=O) groups is 1. The molecule has 5 heteroatoms. The largest absolute Gasteiger partial charge is 0.491 e. The minimum atomic E-state index is -4.83. The van der Waals surface area contributed by atoms with E-state index in [1.807, 2.05) is 0 Å². The number of ether oxygens (including phenoxy) is 1. The molecular weight excluding hydrogens is 221 g/mol. The van der Waals surface area contributed by atoms with Gasteiger partial charge in [-0.2, -0.15) is 13.2 Å². The molecule has 0 aliphatic carbocycles. The van der Waals surface area contributed by atoms with Crippen LogP contribution in [0, 0.1) is 0 Å². The van der Waals surface area contributed by atoms with Gasteiger partial charge in [-0.15, -0.1) is 0 Å².